The summed E-state index contributed by atoms with van der Waals surface area (Å²) in [6.07, 6.45) is 0. The summed E-state index contributed by atoms with van der Waals surface area (Å²) in [6.45, 7) is 1.98. The van der Waals surface area contributed by atoms with Crippen molar-refractivity contribution in [3.63, 3.8) is 0 Å². The maximum atomic E-state index is 9.96. The Balaban J connectivity index is 0. The van der Waals surface area contributed by atoms with Gasteiger partial charge in [-0.3, -0.25) is 13.7 Å². The van der Waals surface area contributed by atoms with Gasteiger partial charge in [0.05, 0.1) is 0 Å². The molecular formula is C3H10O8S2. The Labute approximate surface area is 75.5 Å². The fourth-order valence-corrected chi connectivity index (χ4v) is 0. The first kappa shape index (κ1) is 15.2. The lowest BCUT2D eigenvalue weighted by Gasteiger charge is -2.10. The first-order valence-electron chi connectivity index (χ1n) is 2.64. The summed E-state index contributed by atoms with van der Waals surface area (Å²) in [4.78, 5) is -2.03. The third-order valence-corrected chi connectivity index (χ3v) is 1.89. The highest BCUT2D eigenvalue weighted by atomic mass is 32.3. The highest BCUT2D eigenvalue weighted by molar-refractivity contribution is 7.87. The van der Waals surface area contributed by atoms with Gasteiger partial charge >= 0.3 is 10.4 Å². The molecular weight excluding hydrogens is 228 g/mol. The molecule has 0 saturated carbocycles. The smallest absolute Gasteiger partial charge is 0.373 e. The molecule has 0 amide bonds. The molecule has 13 heavy (non-hydrogen) atoms. The molecule has 0 bridgehead atoms. The molecule has 0 atom stereocenters. The summed E-state index contributed by atoms with van der Waals surface area (Å²) in [6, 6.07) is 0. The van der Waals surface area contributed by atoms with Crippen molar-refractivity contribution in [2.75, 3.05) is 0 Å². The second-order valence-corrected chi connectivity index (χ2v) is 5.21. The molecule has 0 unspecified atom stereocenters. The molecule has 0 aromatic rings. The lowest BCUT2D eigenvalue weighted by Crippen LogP contribution is -2.30. The zero-order chi connectivity index (χ0) is 11.5. The molecule has 0 heterocycles. The van der Waals surface area contributed by atoms with Crippen LogP contribution in [0.1, 0.15) is 13.8 Å². The van der Waals surface area contributed by atoms with Crippen LogP contribution >= 0.6 is 0 Å². The van der Waals surface area contributed by atoms with E-state index in [0.29, 0.717) is 0 Å². The van der Waals surface area contributed by atoms with Crippen LogP contribution in [0.4, 0.5) is 0 Å². The summed E-state index contributed by atoms with van der Waals surface area (Å²) in [5, 5.41) is 8.52. The minimum atomic E-state index is -4.67. The molecule has 0 aromatic carbocycles. The van der Waals surface area contributed by atoms with Crippen molar-refractivity contribution in [2.24, 2.45) is 0 Å². The van der Waals surface area contributed by atoms with Gasteiger partial charge in [-0.05, 0) is 13.8 Å². The van der Waals surface area contributed by atoms with Crippen molar-refractivity contribution < 1.29 is 35.6 Å². The molecule has 0 aliphatic rings. The van der Waals surface area contributed by atoms with E-state index in [4.69, 9.17) is 27.2 Å². The summed E-state index contributed by atoms with van der Waals surface area (Å²) >= 11 is 0. The average Bonchev–Trinajstić information content (AvgIpc) is 1.50. The van der Waals surface area contributed by atoms with Crippen LogP contribution in [0.2, 0.25) is 0 Å². The van der Waals surface area contributed by atoms with E-state index >= 15 is 0 Å². The van der Waals surface area contributed by atoms with Gasteiger partial charge in [-0.25, -0.2) is 0 Å². The van der Waals surface area contributed by atoms with Crippen LogP contribution in [0.5, 0.6) is 0 Å². The third kappa shape index (κ3) is 14.6. The monoisotopic (exact) mass is 238 g/mol. The molecule has 0 aromatic heterocycles. The highest BCUT2D eigenvalue weighted by Crippen LogP contribution is 2.07. The van der Waals surface area contributed by atoms with Gasteiger partial charge in [-0.15, -0.1) is 0 Å². The lowest BCUT2D eigenvalue weighted by molar-refractivity contribution is 0.152. The van der Waals surface area contributed by atoms with Gasteiger partial charge in [0, 0.05) is 0 Å². The van der Waals surface area contributed by atoms with E-state index in [9.17, 15) is 8.42 Å². The first-order valence-corrected chi connectivity index (χ1v) is 5.48. The molecule has 82 valence electrons. The Morgan fingerprint density at radius 3 is 1.00 bits per heavy atom. The molecule has 0 aliphatic carbocycles. The van der Waals surface area contributed by atoms with Crippen molar-refractivity contribution in [2.45, 2.75) is 18.8 Å². The molecule has 0 fully saturated rings. The van der Waals surface area contributed by atoms with E-state index < -0.39 is 25.5 Å². The van der Waals surface area contributed by atoms with Gasteiger partial charge in [0.1, 0.15) is 0 Å². The number of hydrogen-bond donors (Lipinski definition) is 4. The number of hydrogen-bond acceptors (Lipinski definition) is 5. The Morgan fingerprint density at radius 1 is 0.923 bits per heavy atom. The molecule has 0 spiro atoms. The number of rotatable bonds is 1. The minimum absolute atomic E-state index is 0.988. The van der Waals surface area contributed by atoms with Gasteiger partial charge in [-0.2, -0.15) is 16.8 Å². The zero-order valence-electron chi connectivity index (χ0n) is 6.74. The van der Waals surface area contributed by atoms with E-state index in [1.807, 2.05) is 0 Å². The molecule has 0 radical (unpaired) electrons. The largest absolute Gasteiger partial charge is 0.394 e. The van der Waals surface area contributed by atoms with E-state index in [0.717, 1.165) is 13.8 Å². The topological polar surface area (TPSA) is 149 Å². The van der Waals surface area contributed by atoms with E-state index in [-0.39, 0.29) is 0 Å². The summed E-state index contributed by atoms with van der Waals surface area (Å²) in [5.74, 6) is 0. The second kappa shape index (κ2) is 4.30. The standard InChI is InChI=1S/C3H8O4S.H2O4S/c1-3(2,4)8(5,6)7;1-5(2,3)4/h4H,1-2H3,(H,5,6,7);(H2,1,2,3,4). The SMILES string of the molecule is CC(C)(O)S(=O)(=O)O.O=S(=O)(O)O. The van der Waals surface area contributed by atoms with Gasteiger partial charge in [0.25, 0.3) is 10.1 Å². The molecule has 8 nitrogen and oxygen atoms in total. The van der Waals surface area contributed by atoms with Crippen molar-refractivity contribution in [1.82, 2.24) is 0 Å². The van der Waals surface area contributed by atoms with Crippen molar-refractivity contribution >= 4 is 20.5 Å². The van der Waals surface area contributed by atoms with E-state index in [1.165, 1.54) is 0 Å². The zero-order valence-corrected chi connectivity index (χ0v) is 8.37. The van der Waals surface area contributed by atoms with E-state index in [1.54, 1.807) is 0 Å². The predicted molar refractivity (Wildman–Crippen MR) is 42.0 cm³/mol. The van der Waals surface area contributed by atoms with Crippen molar-refractivity contribution in [3.05, 3.63) is 0 Å². The normalized spacial score (nSPS) is 13.1. The van der Waals surface area contributed by atoms with Crippen LogP contribution < -0.4 is 0 Å². The van der Waals surface area contributed by atoms with Gasteiger partial charge in [-0.1, -0.05) is 0 Å². The average molecular weight is 238 g/mol. The third-order valence-electron chi connectivity index (χ3n) is 0.631. The second-order valence-electron chi connectivity index (χ2n) is 2.37. The van der Waals surface area contributed by atoms with Crippen LogP contribution in [-0.2, 0) is 20.5 Å². The van der Waals surface area contributed by atoms with Gasteiger partial charge in [0.15, 0.2) is 4.93 Å². The molecule has 10 heteroatoms. The van der Waals surface area contributed by atoms with Crippen molar-refractivity contribution in [3.8, 4) is 0 Å². The van der Waals surface area contributed by atoms with Gasteiger partial charge < -0.3 is 5.11 Å². The molecule has 0 rings (SSSR count). The summed E-state index contributed by atoms with van der Waals surface area (Å²) < 4.78 is 59.6. The van der Waals surface area contributed by atoms with Crippen LogP contribution in [0.15, 0.2) is 0 Å². The Kier molecular flexibility index (Phi) is 5.04. The van der Waals surface area contributed by atoms with Crippen LogP contribution in [0.25, 0.3) is 0 Å². The van der Waals surface area contributed by atoms with Crippen molar-refractivity contribution in [1.29, 1.82) is 0 Å². The van der Waals surface area contributed by atoms with Crippen LogP contribution in [0, 0.1) is 0 Å². The number of aliphatic hydroxyl groups is 1. The maximum absolute atomic E-state index is 9.96. The maximum Gasteiger partial charge on any atom is 0.394 e. The first-order chi connectivity index (χ1) is 5.25. The molecule has 0 aliphatic heterocycles. The van der Waals surface area contributed by atoms with Crippen LogP contribution in [0.3, 0.4) is 0 Å². The van der Waals surface area contributed by atoms with Gasteiger partial charge in [0.2, 0.25) is 0 Å². The predicted octanol–water partition coefficient (Wildman–Crippen LogP) is -1.05. The fourth-order valence-electron chi connectivity index (χ4n) is 0. The summed E-state index contributed by atoms with van der Waals surface area (Å²) in [5.41, 5.74) is 0. The quantitative estimate of drug-likeness (QED) is 0.422. The Hall–Kier alpha value is -0.260. The Morgan fingerprint density at radius 2 is 1.00 bits per heavy atom. The van der Waals surface area contributed by atoms with E-state index in [2.05, 4.69) is 0 Å². The van der Waals surface area contributed by atoms with Crippen LogP contribution in [-0.4, -0.2) is 40.5 Å². The summed E-state index contributed by atoms with van der Waals surface area (Å²) in [7, 11) is -8.95. The minimum Gasteiger partial charge on any atom is -0.373 e. The lowest BCUT2D eigenvalue weighted by atomic mass is 10.5. The fraction of sp³-hybridized carbons (Fsp3) is 1.00. The highest BCUT2D eigenvalue weighted by Gasteiger charge is 2.28. The Bertz CT molecular complexity index is 320. The molecule has 4 N–H and O–H groups in total. The molecule has 0 saturated heterocycles.